The van der Waals surface area contributed by atoms with Gasteiger partial charge < -0.3 is 4.90 Å². The van der Waals surface area contributed by atoms with Crippen LogP contribution in [-0.2, 0) is 9.59 Å². The van der Waals surface area contributed by atoms with Crippen molar-refractivity contribution in [1.82, 2.24) is 4.90 Å². The molecule has 3 amide bonds. The van der Waals surface area contributed by atoms with Crippen molar-refractivity contribution in [3.63, 3.8) is 0 Å². The Morgan fingerprint density at radius 2 is 1.81 bits per heavy atom. The van der Waals surface area contributed by atoms with E-state index in [9.17, 15) is 14.4 Å². The monoisotopic (exact) mass is 474 g/mol. The van der Waals surface area contributed by atoms with Crippen molar-refractivity contribution >= 4 is 46.0 Å². The molecule has 5 nitrogen and oxygen atoms in total. The van der Waals surface area contributed by atoms with Gasteiger partial charge in [-0.05, 0) is 78.8 Å². The van der Waals surface area contributed by atoms with Crippen LogP contribution in [0.1, 0.15) is 35.2 Å². The largest absolute Gasteiger partial charge is 0.323 e. The van der Waals surface area contributed by atoms with Crippen LogP contribution in [0.15, 0.2) is 48.5 Å². The van der Waals surface area contributed by atoms with Crippen molar-refractivity contribution in [3.05, 3.63) is 63.2 Å². The number of imide groups is 1. The average molecular weight is 474 g/mol. The van der Waals surface area contributed by atoms with E-state index in [1.54, 1.807) is 23.1 Å². The Labute approximate surface area is 171 Å². The third kappa shape index (κ3) is 3.50. The van der Waals surface area contributed by atoms with Gasteiger partial charge in [0.25, 0.3) is 11.8 Å². The van der Waals surface area contributed by atoms with Gasteiger partial charge in [-0.2, -0.15) is 0 Å². The summed E-state index contributed by atoms with van der Waals surface area (Å²) in [5.41, 5.74) is 2.12. The molecule has 27 heavy (non-hydrogen) atoms. The van der Waals surface area contributed by atoms with Crippen LogP contribution in [0.2, 0.25) is 0 Å². The summed E-state index contributed by atoms with van der Waals surface area (Å²) in [6.45, 7) is 1.93. The lowest BCUT2D eigenvalue weighted by Gasteiger charge is -2.28. The Balaban J connectivity index is 1.64. The number of hydrogen-bond acceptors (Lipinski definition) is 3. The first-order chi connectivity index (χ1) is 13.0. The van der Waals surface area contributed by atoms with E-state index < -0.39 is 6.04 Å². The van der Waals surface area contributed by atoms with Gasteiger partial charge in [-0.1, -0.05) is 17.7 Å². The number of nitrogens with zero attached hydrogens (tertiary/aromatic N) is 2. The lowest BCUT2D eigenvalue weighted by Crippen LogP contribution is -2.46. The lowest BCUT2D eigenvalue weighted by molar-refractivity contribution is -0.122. The maximum atomic E-state index is 13.1. The molecule has 6 heteroatoms. The van der Waals surface area contributed by atoms with Crippen LogP contribution in [0, 0.1) is 10.5 Å². The van der Waals surface area contributed by atoms with E-state index in [1.165, 1.54) is 4.90 Å². The molecule has 1 saturated heterocycles. The number of carbonyl (C=O) groups excluding carboxylic acids is 3. The quantitative estimate of drug-likeness (QED) is 0.504. The van der Waals surface area contributed by atoms with Crippen LogP contribution in [0.4, 0.5) is 5.69 Å². The minimum atomic E-state index is -0.725. The van der Waals surface area contributed by atoms with E-state index in [1.807, 2.05) is 37.3 Å². The van der Waals surface area contributed by atoms with Gasteiger partial charge in [0.1, 0.15) is 6.04 Å². The van der Waals surface area contributed by atoms with Crippen LogP contribution in [0.3, 0.4) is 0 Å². The highest BCUT2D eigenvalue weighted by atomic mass is 127. The molecule has 2 aromatic rings. The van der Waals surface area contributed by atoms with Crippen molar-refractivity contribution < 1.29 is 14.4 Å². The van der Waals surface area contributed by atoms with E-state index in [0.717, 1.165) is 22.0 Å². The molecule has 0 bridgehead atoms. The van der Waals surface area contributed by atoms with Gasteiger partial charge in [-0.25, -0.2) is 4.90 Å². The molecule has 2 fully saturated rings. The summed E-state index contributed by atoms with van der Waals surface area (Å²) in [6.07, 6.45) is 1.79. The van der Waals surface area contributed by atoms with Crippen molar-refractivity contribution in [1.29, 1.82) is 0 Å². The molecular weight excluding hydrogens is 455 g/mol. The Morgan fingerprint density at radius 1 is 1.11 bits per heavy atom. The number of aryl methyl sites for hydroxylation is 1. The minimum Gasteiger partial charge on any atom is -0.323 e. The fourth-order valence-corrected chi connectivity index (χ4v) is 3.90. The summed E-state index contributed by atoms with van der Waals surface area (Å²) in [5, 5.41) is 0. The van der Waals surface area contributed by atoms with E-state index in [4.69, 9.17) is 0 Å². The standard InChI is InChI=1S/C21H19IN2O3/c1-13-3-2-4-14(11-13)20(26)23(16-9-10-16)18-12-19(25)24(21(18)27)17-7-5-15(22)6-8-17/h2-8,11,16,18H,9-10,12H2,1H3. The summed E-state index contributed by atoms with van der Waals surface area (Å²) in [6, 6.07) is 13.9. The fourth-order valence-electron chi connectivity index (χ4n) is 3.54. The zero-order valence-corrected chi connectivity index (χ0v) is 17.0. The maximum Gasteiger partial charge on any atom is 0.257 e. The molecule has 138 valence electrons. The van der Waals surface area contributed by atoms with Crippen molar-refractivity contribution in [3.8, 4) is 0 Å². The van der Waals surface area contributed by atoms with Crippen LogP contribution in [0.5, 0.6) is 0 Å². The molecule has 0 radical (unpaired) electrons. The number of rotatable bonds is 4. The molecule has 1 unspecified atom stereocenters. The maximum absolute atomic E-state index is 13.1. The number of anilines is 1. The summed E-state index contributed by atoms with van der Waals surface area (Å²) in [4.78, 5) is 41.7. The van der Waals surface area contributed by atoms with E-state index in [-0.39, 0.29) is 30.2 Å². The molecule has 1 heterocycles. The highest BCUT2D eigenvalue weighted by Crippen LogP contribution is 2.35. The zero-order valence-electron chi connectivity index (χ0n) is 14.9. The first kappa shape index (κ1) is 18.2. The van der Waals surface area contributed by atoms with Crippen LogP contribution < -0.4 is 4.90 Å². The molecule has 0 aromatic heterocycles. The van der Waals surface area contributed by atoms with Crippen LogP contribution >= 0.6 is 22.6 Å². The van der Waals surface area contributed by atoms with Crippen molar-refractivity contribution in [2.75, 3.05) is 4.90 Å². The molecule has 0 spiro atoms. The van der Waals surface area contributed by atoms with Gasteiger partial charge in [-0.15, -0.1) is 0 Å². The molecular formula is C21H19IN2O3. The normalized spacial score (nSPS) is 19.5. The van der Waals surface area contributed by atoms with Gasteiger partial charge in [0.05, 0.1) is 12.1 Å². The smallest absolute Gasteiger partial charge is 0.257 e. The third-order valence-corrected chi connectivity index (χ3v) is 5.70. The SMILES string of the molecule is Cc1cccc(C(=O)N(C2CC2)C2CC(=O)N(c3ccc(I)cc3)C2=O)c1. The third-order valence-electron chi connectivity index (χ3n) is 4.98. The predicted octanol–water partition coefficient (Wildman–Crippen LogP) is 3.54. The molecule has 4 rings (SSSR count). The van der Waals surface area contributed by atoms with Gasteiger partial charge >= 0.3 is 0 Å². The van der Waals surface area contributed by atoms with E-state index >= 15 is 0 Å². The zero-order chi connectivity index (χ0) is 19.1. The summed E-state index contributed by atoms with van der Waals surface area (Å²) >= 11 is 2.18. The van der Waals surface area contributed by atoms with Crippen molar-refractivity contribution in [2.45, 2.75) is 38.3 Å². The number of halogens is 1. The molecule has 1 aliphatic heterocycles. The first-order valence-electron chi connectivity index (χ1n) is 8.97. The van der Waals surface area contributed by atoms with Crippen LogP contribution in [-0.4, -0.2) is 34.7 Å². The summed E-state index contributed by atoms with van der Waals surface area (Å²) in [7, 11) is 0. The molecule has 1 aliphatic carbocycles. The number of amides is 3. The predicted molar refractivity (Wildman–Crippen MR) is 110 cm³/mol. The second-order valence-corrected chi connectivity index (χ2v) is 8.32. The minimum absolute atomic E-state index is 0.0384. The van der Waals surface area contributed by atoms with Gasteiger partial charge in [-0.3, -0.25) is 14.4 Å². The molecule has 1 saturated carbocycles. The highest BCUT2D eigenvalue weighted by molar-refractivity contribution is 14.1. The topological polar surface area (TPSA) is 57.7 Å². The number of carbonyl (C=O) groups is 3. The van der Waals surface area contributed by atoms with Gasteiger partial charge in [0.15, 0.2) is 0 Å². The first-order valence-corrected chi connectivity index (χ1v) is 10.1. The average Bonchev–Trinajstić information content (AvgIpc) is 3.43. The molecule has 0 N–H and O–H groups in total. The van der Waals surface area contributed by atoms with E-state index in [2.05, 4.69) is 22.6 Å². The second kappa shape index (κ2) is 7.07. The second-order valence-electron chi connectivity index (χ2n) is 7.08. The number of hydrogen-bond donors (Lipinski definition) is 0. The summed E-state index contributed by atoms with van der Waals surface area (Å²) in [5.74, 6) is -0.736. The van der Waals surface area contributed by atoms with Crippen molar-refractivity contribution in [2.24, 2.45) is 0 Å². The highest BCUT2D eigenvalue weighted by Gasteiger charge is 2.48. The summed E-state index contributed by atoms with van der Waals surface area (Å²) < 4.78 is 1.03. The Morgan fingerprint density at radius 3 is 2.44 bits per heavy atom. The van der Waals surface area contributed by atoms with Crippen LogP contribution in [0.25, 0.3) is 0 Å². The molecule has 2 aromatic carbocycles. The molecule has 2 aliphatic rings. The lowest BCUT2D eigenvalue weighted by atomic mass is 10.1. The Bertz CT molecular complexity index is 921. The van der Waals surface area contributed by atoms with Gasteiger partial charge in [0, 0.05) is 15.2 Å². The molecule has 1 atom stereocenters. The Kier molecular flexibility index (Phi) is 4.75. The van der Waals surface area contributed by atoms with E-state index in [0.29, 0.717) is 11.3 Å². The van der Waals surface area contributed by atoms with Gasteiger partial charge in [0.2, 0.25) is 5.91 Å². The Hall–Kier alpha value is -2.22. The fraction of sp³-hybridized carbons (Fsp3) is 0.286. The number of benzene rings is 2.